The van der Waals surface area contributed by atoms with Gasteiger partial charge in [0.05, 0.1) is 0 Å². The van der Waals surface area contributed by atoms with Gasteiger partial charge in [0.25, 0.3) is 5.91 Å². The maximum absolute atomic E-state index is 13.5. The van der Waals surface area contributed by atoms with Gasteiger partial charge in [0.15, 0.2) is 0 Å². The molecule has 1 amide bonds. The Balaban J connectivity index is 2.36. The maximum atomic E-state index is 13.5. The van der Waals surface area contributed by atoms with Gasteiger partial charge in [-0.3, -0.25) is 4.79 Å². The van der Waals surface area contributed by atoms with Crippen molar-refractivity contribution in [2.75, 3.05) is 5.32 Å². The summed E-state index contributed by atoms with van der Waals surface area (Å²) >= 11 is 3.23. The van der Waals surface area contributed by atoms with Gasteiger partial charge < -0.3 is 5.32 Å². The number of hydrogen-bond acceptors (Lipinski definition) is 1. The second-order valence-corrected chi connectivity index (χ2v) is 5.07. The molecule has 2 rings (SSSR count). The first-order valence-corrected chi connectivity index (χ1v) is 6.40. The van der Waals surface area contributed by atoms with E-state index in [0.29, 0.717) is 22.3 Å². The molecule has 2 nitrogen and oxygen atoms in total. The second-order valence-electron chi connectivity index (χ2n) is 4.16. The quantitative estimate of drug-likeness (QED) is 0.858. The Hall–Kier alpha value is -1.82. The Morgan fingerprint density at radius 2 is 1.70 bits per heavy atom. The molecule has 0 aliphatic carbocycles. The van der Waals surface area contributed by atoms with E-state index in [-0.39, 0.29) is 0 Å². The molecule has 0 aliphatic rings. The van der Waals surface area contributed by atoms with Gasteiger partial charge in [-0.2, -0.15) is 0 Å². The molecule has 2 aromatic rings. The van der Waals surface area contributed by atoms with Crippen LogP contribution in [0.15, 0.2) is 34.8 Å². The molecule has 1 N–H and O–H groups in total. The summed E-state index contributed by atoms with van der Waals surface area (Å²) in [5.41, 5.74) is 0.322. The third-order valence-electron chi connectivity index (χ3n) is 2.68. The molecule has 0 heterocycles. The van der Waals surface area contributed by atoms with Crippen LogP contribution in [0.5, 0.6) is 0 Å². The van der Waals surface area contributed by atoms with Gasteiger partial charge in [0.1, 0.15) is 23.0 Å². The molecule has 0 saturated heterocycles. The number of rotatable bonds is 2. The fourth-order valence-electron chi connectivity index (χ4n) is 1.67. The molecule has 0 unspecified atom stereocenters. The number of anilines is 1. The minimum atomic E-state index is -1.24. The van der Waals surface area contributed by atoms with E-state index in [2.05, 4.69) is 21.2 Å². The number of halogens is 4. The van der Waals surface area contributed by atoms with E-state index >= 15 is 0 Å². The number of benzene rings is 2. The van der Waals surface area contributed by atoms with Crippen molar-refractivity contribution >= 4 is 27.5 Å². The van der Waals surface area contributed by atoms with Crippen LogP contribution in [0.1, 0.15) is 15.9 Å². The lowest BCUT2D eigenvalue weighted by atomic mass is 10.1. The van der Waals surface area contributed by atoms with Gasteiger partial charge in [-0.15, -0.1) is 0 Å². The van der Waals surface area contributed by atoms with Gasteiger partial charge in [0.2, 0.25) is 0 Å². The Morgan fingerprint density at radius 1 is 1.10 bits per heavy atom. The van der Waals surface area contributed by atoms with Crippen LogP contribution in [0.4, 0.5) is 18.9 Å². The molecular weight excluding hydrogens is 335 g/mol. The standard InChI is InChI=1S/C14H9BrF3NO/c1-7-2-3-8(15)4-12(7)19-14(20)13-10(17)5-9(16)6-11(13)18/h2-6H,1H3,(H,19,20). The molecule has 20 heavy (non-hydrogen) atoms. The van der Waals surface area contributed by atoms with Crippen LogP contribution in [0.3, 0.4) is 0 Å². The summed E-state index contributed by atoms with van der Waals surface area (Å²) in [6.07, 6.45) is 0. The Labute approximate surface area is 121 Å². The van der Waals surface area contributed by atoms with Gasteiger partial charge >= 0.3 is 0 Å². The predicted octanol–water partition coefficient (Wildman–Crippen LogP) is 4.43. The Morgan fingerprint density at radius 3 is 2.30 bits per heavy atom. The first kappa shape index (κ1) is 14.6. The molecule has 0 spiro atoms. The van der Waals surface area contributed by atoms with Crippen LogP contribution < -0.4 is 5.32 Å². The van der Waals surface area contributed by atoms with Crippen molar-refractivity contribution in [3.8, 4) is 0 Å². The summed E-state index contributed by atoms with van der Waals surface area (Å²) in [5, 5.41) is 2.40. The Bertz CT molecular complexity index is 665. The minimum Gasteiger partial charge on any atom is -0.322 e. The molecule has 2 aromatic carbocycles. The number of amides is 1. The molecule has 0 atom stereocenters. The number of aryl methyl sites for hydroxylation is 1. The summed E-state index contributed by atoms with van der Waals surface area (Å²) in [4.78, 5) is 11.9. The van der Waals surface area contributed by atoms with Gasteiger partial charge in [-0.1, -0.05) is 22.0 Å². The third kappa shape index (κ3) is 3.01. The fourth-order valence-corrected chi connectivity index (χ4v) is 2.03. The molecule has 0 aromatic heterocycles. The van der Waals surface area contributed by atoms with E-state index in [1.165, 1.54) is 0 Å². The smallest absolute Gasteiger partial charge is 0.261 e. The highest BCUT2D eigenvalue weighted by molar-refractivity contribution is 9.10. The summed E-state index contributed by atoms with van der Waals surface area (Å²) in [5.74, 6) is -4.53. The van der Waals surface area contributed by atoms with Gasteiger partial charge in [-0.25, -0.2) is 13.2 Å². The van der Waals surface area contributed by atoms with Crippen molar-refractivity contribution in [3.05, 3.63) is 63.4 Å². The van der Waals surface area contributed by atoms with E-state index < -0.39 is 28.9 Å². The average Bonchev–Trinajstić information content (AvgIpc) is 2.32. The predicted molar refractivity (Wildman–Crippen MR) is 73.1 cm³/mol. The van der Waals surface area contributed by atoms with Crippen molar-refractivity contribution in [2.45, 2.75) is 6.92 Å². The maximum Gasteiger partial charge on any atom is 0.261 e. The van der Waals surface area contributed by atoms with E-state index in [9.17, 15) is 18.0 Å². The van der Waals surface area contributed by atoms with E-state index in [0.717, 1.165) is 5.56 Å². The SMILES string of the molecule is Cc1ccc(Br)cc1NC(=O)c1c(F)cc(F)cc1F. The highest BCUT2D eigenvalue weighted by atomic mass is 79.9. The summed E-state index contributed by atoms with van der Waals surface area (Å²) in [6.45, 7) is 1.74. The summed E-state index contributed by atoms with van der Waals surface area (Å²) in [6, 6.07) is 6.03. The number of nitrogens with one attached hydrogen (secondary N) is 1. The molecule has 0 aliphatic heterocycles. The lowest BCUT2D eigenvalue weighted by Gasteiger charge is -2.10. The minimum absolute atomic E-state index is 0.410. The monoisotopic (exact) mass is 343 g/mol. The van der Waals surface area contributed by atoms with Crippen LogP contribution in [-0.4, -0.2) is 5.91 Å². The van der Waals surface area contributed by atoms with E-state index in [4.69, 9.17) is 0 Å². The molecule has 0 saturated carbocycles. The molecule has 104 valence electrons. The fraction of sp³-hybridized carbons (Fsp3) is 0.0714. The van der Waals surface area contributed by atoms with Gasteiger partial charge in [0, 0.05) is 22.3 Å². The highest BCUT2D eigenvalue weighted by Crippen LogP contribution is 2.22. The summed E-state index contributed by atoms with van der Waals surface area (Å²) in [7, 11) is 0. The number of carbonyl (C=O) groups excluding carboxylic acids is 1. The van der Waals surface area contributed by atoms with Crippen molar-refractivity contribution in [1.82, 2.24) is 0 Å². The van der Waals surface area contributed by atoms with Crippen LogP contribution in [0.25, 0.3) is 0 Å². The summed E-state index contributed by atoms with van der Waals surface area (Å²) < 4.78 is 40.5. The largest absolute Gasteiger partial charge is 0.322 e. The number of hydrogen-bond donors (Lipinski definition) is 1. The van der Waals surface area contributed by atoms with Crippen molar-refractivity contribution in [3.63, 3.8) is 0 Å². The zero-order valence-corrected chi connectivity index (χ0v) is 11.9. The van der Waals surface area contributed by atoms with Crippen molar-refractivity contribution < 1.29 is 18.0 Å². The molecule has 6 heteroatoms. The zero-order chi connectivity index (χ0) is 14.9. The molecular formula is C14H9BrF3NO. The van der Waals surface area contributed by atoms with Crippen LogP contribution >= 0.6 is 15.9 Å². The lowest BCUT2D eigenvalue weighted by molar-refractivity contribution is 0.101. The van der Waals surface area contributed by atoms with Crippen molar-refractivity contribution in [2.24, 2.45) is 0 Å². The molecule has 0 bridgehead atoms. The van der Waals surface area contributed by atoms with Crippen molar-refractivity contribution in [1.29, 1.82) is 0 Å². The average molecular weight is 344 g/mol. The molecule has 0 radical (unpaired) electrons. The second kappa shape index (κ2) is 5.66. The van der Waals surface area contributed by atoms with E-state index in [1.54, 1.807) is 25.1 Å². The van der Waals surface area contributed by atoms with Crippen LogP contribution in [0, 0.1) is 24.4 Å². The van der Waals surface area contributed by atoms with Gasteiger partial charge in [-0.05, 0) is 24.6 Å². The van der Waals surface area contributed by atoms with Crippen LogP contribution in [-0.2, 0) is 0 Å². The van der Waals surface area contributed by atoms with E-state index in [1.807, 2.05) is 0 Å². The number of carbonyl (C=O) groups is 1. The molecule has 0 fully saturated rings. The first-order chi connectivity index (χ1) is 9.38. The zero-order valence-electron chi connectivity index (χ0n) is 10.3. The van der Waals surface area contributed by atoms with Crippen LogP contribution in [0.2, 0.25) is 0 Å². The third-order valence-corrected chi connectivity index (χ3v) is 3.18. The lowest BCUT2D eigenvalue weighted by Crippen LogP contribution is -2.17. The first-order valence-electron chi connectivity index (χ1n) is 5.60. The highest BCUT2D eigenvalue weighted by Gasteiger charge is 2.19. The normalized spacial score (nSPS) is 10.4. The topological polar surface area (TPSA) is 29.1 Å². The Kier molecular flexibility index (Phi) is 4.13.